The molecule has 1 aromatic rings. The summed E-state index contributed by atoms with van der Waals surface area (Å²) in [6, 6.07) is 0.166. The molecule has 1 amide bonds. The van der Waals surface area contributed by atoms with Gasteiger partial charge < -0.3 is 9.64 Å². The van der Waals surface area contributed by atoms with Gasteiger partial charge in [0.1, 0.15) is 6.10 Å². The van der Waals surface area contributed by atoms with E-state index in [1.165, 1.54) is 0 Å². The number of amides is 1. The van der Waals surface area contributed by atoms with E-state index in [4.69, 9.17) is 4.74 Å². The molecule has 1 atom stereocenters. The molecular formula is C14H20FN3O2. The van der Waals surface area contributed by atoms with Gasteiger partial charge in [0.2, 0.25) is 5.91 Å². The van der Waals surface area contributed by atoms with Gasteiger partial charge in [0, 0.05) is 13.0 Å². The van der Waals surface area contributed by atoms with Crippen LogP contribution >= 0.6 is 0 Å². The van der Waals surface area contributed by atoms with E-state index < -0.39 is 5.82 Å². The van der Waals surface area contributed by atoms with Gasteiger partial charge in [-0.1, -0.05) is 13.3 Å². The number of likely N-dealkylation sites (tertiary alicyclic amines) is 1. The number of aromatic nitrogens is 2. The largest absolute Gasteiger partial charge is 0.458 e. The van der Waals surface area contributed by atoms with Crippen molar-refractivity contribution >= 4 is 5.91 Å². The molecule has 0 saturated carbocycles. The van der Waals surface area contributed by atoms with E-state index in [1.54, 1.807) is 0 Å². The van der Waals surface area contributed by atoms with Crippen molar-refractivity contribution in [1.82, 2.24) is 14.9 Å². The number of ether oxygens (including phenoxy) is 1. The van der Waals surface area contributed by atoms with E-state index in [2.05, 4.69) is 16.9 Å². The van der Waals surface area contributed by atoms with E-state index in [0.29, 0.717) is 13.0 Å². The quantitative estimate of drug-likeness (QED) is 0.830. The molecule has 2 heterocycles. The lowest BCUT2D eigenvalue weighted by molar-refractivity contribution is -0.134. The van der Waals surface area contributed by atoms with Crippen molar-refractivity contribution in [2.75, 3.05) is 13.1 Å². The summed E-state index contributed by atoms with van der Waals surface area (Å²) in [5.74, 6) is -0.308. The highest BCUT2D eigenvalue weighted by Crippen LogP contribution is 2.16. The lowest BCUT2D eigenvalue weighted by Crippen LogP contribution is -2.44. The molecule has 20 heavy (non-hydrogen) atoms. The Kier molecular flexibility index (Phi) is 5.26. The minimum Gasteiger partial charge on any atom is -0.458 e. The SMILES string of the molecule is CCCCC(=O)N1CCCC(Oc2ncc(F)cn2)C1. The van der Waals surface area contributed by atoms with Crippen molar-refractivity contribution in [2.45, 2.75) is 45.1 Å². The van der Waals surface area contributed by atoms with Gasteiger partial charge in [0.05, 0.1) is 18.9 Å². The van der Waals surface area contributed by atoms with Gasteiger partial charge in [-0.2, -0.15) is 0 Å². The van der Waals surface area contributed by atoms with Crippen molar-refractivity contribution < 1.29 is 13.9 Å². The molecule has 0 radical (unpaired) electrons. The summed E-state index contributed by atoms with van der Waals surface area (Å²) in [5.41, 5.74) is 0. The standard InChI is InChI=1S/C14H20FN3O2/c1-2-3-6-13(19)18-7-4-5-12(10-18)20-14-16-8-11(15)9-17-14/h8-9,12H,2-7,10H2,1H3. The third-order valence-electron chi connectivity index (χ3n) is 3.34. The van der Waals surface area contributed by atoms with Crippen molar-refractivity contribution in [3.05, 3.63) is 18.2 Å². The Morgan fingerprint density at radius 2 is 2.25 bits per heavy atom. The van der Waals surface area contributed by atoms with Crippen LogP contribution in [0.4, 0.5) is 4.39 Å². The van der Waals surface area contributed by atoms with Crippen LogP contribution in [0.5, 0.6) is 6.01 Å². The Balaban J connectivity index is 1.86. The van der Waals surface area contributed by atoms with Crippen molar-refractivity contribution in [1.29, 1.82) is 0 Å². The molecule has 0 N–H and O–H groups in total. The first kappa shape index (κ1) is 14.7. The average molecular weight is 281 g/mol. The van der Waals surface area contributed by atoms with Crippen LogP contribution in [-0.4, -0.2) is 40.0 Å². The number of carbonyl (C=O) groups is 1. The minimum absolute atomic E-state index is 0.111. The first-order chi connectivity index (χ1) is 9.69. The molecule has 1 saturated heterocycles. The van der Waals surface area contributed by atoms with Crippen LogP contribution in [0.15, 0.2) is 12.4 Å². The van der Waals surface area contributed by atoms with E-state index in [0.717, 1.165) is 44.6 Å². The van der Waals surface area contributed by atoms with Crippen LogP contribution in [0.3, 0.4) is 0 Å². The maximum Gasteiger partial charge on any atom is 0.316 e. The topological polar surface area (TPSA) is 55.3 Å². The predicted molar refractivity (Wildman–Crippen MR) is 71.7 cm³/mol. The number of nitrogens with zero attached hydrogens (tertiary/aromatic N) is 3. The van der Waals surface area contributed by atoms with Gasteiger partial charge in [-0.25, -0.2) is 14.4 Å². The number of carbonyl (C=O) groups excluding carboxylic acids is 1. The summed E-state index contributed by atoms with van der Waals surface area (Å²) < 4.78 is 18.3. The van der Waals surface area contributed by atoms with E-state index in [-0.39, 0.29) is 18.0 Å². The van der Waals surface area contributed by atoms with E-state index in [1.807, 2.05) is 4.90 Å². The highest BCUT2D eigenvalue weighted by atomic mass is 19.1. The Morgan fingerprint density at radius 3 is 2.95 bits per heavy atom. The van der Waals surface area contributed by atoms with Crippen LogP contribution in [0, 0.1) is 5.82 Å². The van der Waals surface area contributed by atoms with Crippen LogP contribution < -0.4 is 4.74 Å². The molecule has 0 aliphatic carbocycles. The van der Waals surface area contributed by atoms with Crippen LogP contribution in [0.2, 0.25) is 0 Å². The molecule has 1 aromatic heterocycles. The molecule has 2 rings (SSSR count). The number of halogens is 1. The van der Waals surface area contributed by atoms with Crippen molar-refractivity contribution in [3.63, 3.8) is 0 Å². The lowest BCUT2D eigenvalue weighted by Gasteiger charge is -2.32. The van der Waals surface area contributed by atoms with Gasteiger partial charge in [0.25, 0.3) is 0 Å². The maximum absolute atomic E-state index is 12.7. The summed E-state index contributed by atoms with van der Waals surface area (Å²) in [5, 5.41) is 0. The number of unbranched alkanes of at least 4 members (excludes halogenated alkanes) is 1. The molecule has 1 fully saturated rings. The van der Waals surface area contributed by atoms with Gasteiger partial charge >= 0.3 is 6.01 Å². The summed E-state index contributed by atoms with van der Waals surface area (Å²) in [4.78, 5) is 21.4. The lowest BCUT2D eigenvalue weighted by atomic mass is 10.1. The van der Waals surface area contributed by atoms with Gasteiger partial charge in [-0.15, -0.1) is 0 Å². The first-order valence-corrected chi connectivity index (χ1v) is 7.11. The molecule has 0 aromatic carbocycles. The van der Waals surface area contributed by atoms with E-state index in [9.17, 15) is 9.18 Å². The zero-order valence-electron chi connectivity index (χ0n) is 11.7. The van der Waals surface area contributed by atoms with Gasteiger partial charge in [-0.3, -0.25) is 4.79 Å². The molecular weight excluding hydrogens is 261 g/mol. The molecule has 6 heteroatoms. The zero-order valence-corrected chi connectivity index (χ0v) is 11.7. The highest BCUT2D eigenvalue weighted by Gasteiger charge is 2.25. The molecule has 5 nitrogen and oxygen atoms in total. The molecule has 110 valence electrons. The second-order valence-corrected chi connectivity index (χ2v) is 5.01. The Hall–Kier alpha value is -1.72. The molecule has 1 unspecified atom stereocenters. The van der Waals surface area contributed by atoms with Gasteiger partial charge in [-0.05, 0) is 19.3 Å². The van der Waals surface area contributed by atoms with Crippen LogP contribution in [0.1, 0.15) is 39.0 Å². The number of piperidine rings is 1. The molecule has 0 spiro atoms. The summed E-state index contributed by atoms with van der Waals surface area (Å²) in [6.07, 6.45) is 6.34. The second kappa shape index (κ2) is 7.17. The molecule has 1 aliphatic heterocycles. The second-order valence-electron chi connectivity index (χ2n) is 5.01. The number of hydrogen-bond acceptors (Lipinski definition) is 4. The van der Waals surface area contributed by atoms with E-state index >= 15 is 0 Å². The zero-order chi connectivity index (χ0) is 14.4. The van der Waals surface area contributed by atoms with Gasteiger partial charge in [0.15, 0.2) is 5.82 Å². The summed E-state index contributed by atoms with van der Waals surface area (Å²) >= 11 is 0. The van der Waals surface area contributed by atoms with Crippen molar-refractivity contribution in [3.8, 4) is 6.01 Å². The third kappa shape index (κ3) is 4.15. The molecule has 0 bridgehead atoms. The van der Waals surface area contributed by atoms with Crippen LogP contribution in [0.25, 0.3) is 0 Å². The normalized spacial score (nSPS) is 18.9. The summed E-state index contributed by atoms with van der Waals surface area (Å²) in [6.45, 7) is 3.41. The number of rotatable bonds is 5. The molecule has 1 aliphatic rings. The fourth-order valence-electron chi connectivity index (χ4n) is 2.26. The predicted octanol–water partition coefficient (Wildman–Crippen LogP) is 2.18. The maximum atomic E-state index is 12.7. The fourth-order valence-corrected chi connectivity index (χ4v) is 2.26. The third-order valence-corrected chi connectivity index (χ3v) is 3.34. The summed E-state index contributed by atoms with van der Waals surface area (Å²) in [7, 11) is 0. The Labute approximate surface area is 118 Å². The minimum atomic E-state index is -0.489. The monoisotopic (exact) mass is 281 g/mol. The van der Waals surface area contributed by atoms with Crippen LogP contribution in [-0.2, 0) is 4.79 Å². The average Bonchev–Trinajstić information content (AvgIpc) is 2.47. The Morgan fingerprint density at radius 1 is 1.50 bits per heavy atom. The first-order valence-electron chi connectivity index (χ1n) is 7.11. The number of hydrogen-bond donors (Lipinski definition) is 0. The van der Waals surface area contributed by atoms with Crippen molar-refractivity contribution in [2.24, 2.45) is 0 Å². The smallest absolute Gasteiger partial charge is 0.316 e. The fraction of sp³-hybridized carbons (Fsp3) is 0.643. The highest BCUT2D eigenvalue weighted by molar-refractivity contribution is 5.76. The Bertz CT molecular complexity index is 439.